The molecule has 0 saturated carbocycles. The average molecular weight is 235 g/mol. The van der Waals surface area contributed by atoms with Crippen molar-refractivity contribution in [3.63, 3.8) is 0 Å². The first kappa shape index (κ1) is 10.9. The van der Waals surface area contributed by atoms with Gasteiger partial charge in [0.05, 0.1) is 16.8 Å². The van der Waals surface area contributed by atoms with Crippen molar-refractivity contribution in [3.05, 3.63) is 40.5 Å². The number of amides is 1. The summed E-state index contributed by atoms with van der Waals surface area (Å²) in [5.74, 6) is -0.123. The van der Waals surface area contributed by atoms with Gasteiger partial charge in [0.15, 0.2) is 0 Å². The molecule has 0 aliphatic heterocycles. The number of aryl methyl sites for hydroxylation is 1. The summed E-state index contributed by atoms with van der Waals surface area (Å²) in [7, 11) is 1.60. The lowest BCUT2D eigenvalue weighted by molar-refractivity contribution is 0.0962. The number of rotatable bonds is 1. The number of hydrogen-bond acceptors (Lipinski definition) is 2. The average Bonchev–Trinajstić information content (AvgIpc) is 2.27. The number of fused-ring (bicyclic) bond motifs is 1. The van der Waals surface area contributed by atoms with Crippen LogP contribution in [-0.2, 0) is 0 Å². The van der Waals surface area contributed by atoms with Gasteiger partial charge in [-0.3, -0.25) is 9.78 Å². The number of aromatic nitrogens is 1. The fraction of sp³-hybridized carbons (Fsp3) is 0.167. The third-order valence-corrected chi connectivity index (χ3v) is 2.68. The summed E-state index contributed by atoms with van der Waals surface area (Å²) in [5.41, 5.74) is 2.10. The molecule has 2 rings (SSSR count). The summed E-state index contributed by atoms with van der Waals surface area (Å²) < 4.78 is 0. The molecule has 0 unspecified atom stereocenters. The summed E-state index contributed by atoms with van der Waals surface area (Å²) >= 11 is 5.88. The number of carbonyl (C=O) groups excluding carboxylic acids is 1. The molecule has 0 bridgehead atoms. The Labute approximate surface area is 98.4 Å². The fourth-order valence-corrected chi connectivity index (χ4v) is 1.77. The maximum Gasteiger partial charge on any atom is 0.252 e. The van der Waals surface area contributed by atoms with Crippen LogP contribution in [0.2, 0.25) is 5.02 Å². The highest BCUT2D eigenvalue weighted by atomic mass is 35.5. The molecule has 1 aromatic carbocycles. The lowest BCUT2D eigenvalue weighted by atomic mass is 10.1. The maximum atomic E-state index is 11.6. The third kappa shape index (κ3) is 1.86. The second kappa shape index (κ2) is 4.10. The molecule has 1 aromatic heterocycles. The van der Waals surface area contributed by atoms with Crippen LogP contribution in [0.1, 0.15) is 16.1 Å². The molecule has 16 heavy (non-hydrogen) atoms. The molecule has 0 saturated heterocycles. The summed E-state index contributed by atoms with van der Waals surface area (Å²) in [6.07, 6.45) is 0. The molecule has 0 aliphatic rings. The van der Waals surface area contributed by atoms with E-state index in [1.165, 1.54) is 0 Å². The molecule has 0 atom stereocenters. The zero-order chi connectivity index (χ0) is 11.7. The van der Waals surface area contributed by atoms with Crippen LogP contribution in [0.5, 0.6) is 0 Å². The van der Waals surface area contributed by atoms with E-state index in [0.717, 1.165) is 10.9 Å². The Morgan fingerprint density at radius 1 is 1.38 bits per heavy atom. The third-order valence-electron chi connectivity index (χ3n) is 2.44. The molecule has 4 heteroatoms. The number of benzene rings is 1. The van der Waals surface area contributed by atoms with Crippen LogP contribution in [0.15, 0.2) is 24.3 Å². The lowest BCUT2D eigenvalue weighted by Gasteiger charge is -2.06. The molecule has 82 valence electrons. The normalized spacial score (nSPS) is 10.4. The zero-order valence-corrected chi connectivity index (χ0v) is 9.80. The highest BCUT2D eigenvalue weighted by Crippen LogP contribution is 2.20. The van der Waals surface area contributed by atoms with E-state index in [1.54, 1.807) is 19.2 Å². The Kier molecular flexibility index (Phi) is 2.79. The molecular formula is C12H11ClN2O. The van der Waals surface area contributed by atoms with Gasteiger partial charge < -0.3 is 5.32 Å². The molecule has 0 spiro atoms. The first-order chi connectivity index (χ1) is 7.61. The van der Waals surface area contributed by atoms with E-state index in [9.17, 15) is 4.79 Å². The molecule has 1 heterocycles. The Balaban J connectivity index is 2.67. The summed E-state index contributed by atoms with van der Waals surface area (Å²) in [6, 6.07) is 7.26. The number of halogens is 1. The van der Waals surface area contributed by atoms with Crippen molar-refractivity contribution in [2.24, 2.45) is 0 Å². The lowest BCUT2D eigenvalue weighted by Crippen LogP contribution is -2.19. The van der Waals surface area contributed by atoms with Gasteiger partial charge in [-0.15, -0.1) is 0 Å². The first-order valence-electron chi connectivity index (χ1n) is 4.91. The number of nitrogens with one attached hydrogen (secondary N) is 1. The van der Waals surface area contributed by atoms with Crippen molar-refractivity contribution >= 4 is 28.4 Å². The Morgan fingerprint density at radius 2 is 2.12 bits per heavy atom. The molecular weight excluding hydrogens is 224 g/mol. The molecule has 1 amide bonds. The van der Waals surface area contributed by atoms with Crippen LogP contribution >= 0.6 is 11.6 Å². The highest BCUT2D eigenvalue weighted by molar-refractivity contribution is 6.31. The Morgan fingerprint density at radius 3 is 2.81 bits per heavy atom. The van der Waals surface area contributed by atoms with Crippen molar-refractivity contribution in [2.75, 3.05) is 7.05 Å². The van der Waals surface area contributed by atoms with E-state index in [2.05, 4.69) is 10.3 Å². The summed E-state index contributed by atoms with van der Waals surface area (Å²) in [6.45, 7) is 1.81. The zero-order valence-electron chi connectivity index (χ0n) is 9.04. The molecule has 0 fully saturated rings. The Bertz CT molecular complexity index is 566. The smallest absolute Gasteiger partial charge is 0.252 e. The van der Waals surface area contributed by atoms with Gasteiger partial charge in [0.1, 0.15) is 0 Å². The van der Waals surface area contributed by atoms with Gasteiger partial charge in [-0.2, -0.15) is 0 Å². The van der Waals surface area contributed by atoms with Crippen LogP contribution in [0, 0.1) is 6.92 Å². The van der Waals surface area contributed by atoms with Crippen LogP contribution in [0.3, 0.4) is 0 Å². The minimum atomic E-state index is -0.123. The highest BCUT2D eigenvalue weighted by Gasteiger charge is 2.09. The van der Waals surface area contributed by atoms with Crippen LogP contribution in [-0.4, -0.2) is 17.9 Å². The molecule has 3 nitrogen and oxygen atoms in total. The van der Waals surface area contributed by atoms with Crippen molar-refractivity contribution < 1.29 is 4.79 Å². The van der Waals surface area contributed by atoms with Gasteiger partial charge in [-0.25, -0.2) is 0 Å². The van der Waals surface area contributed by atoms with Crippen LogP contribution < -0.4 is 5.32 Å². The quantitative estimate of drug-likeness (QED) is 0.824. The van der Waals surface area contributed by atoms with E-state index < -0.39 is 0 Å². The van der Waals surface area contributed by atoms with Gasteiger partial charge in [0.2, 0.25) is 0 Å². The predicted octanol–water partition coefficient (Wildman–Crippen LogP) is 2.56. The standard InChI is InChI=1S/C12H11ClN2O/c1-7-10(12(16)14-2)5-8-3-4-9(13)6-11(8)15-7/h3-6H,1-2H3,(H,14,16). The second-order valence-electron chi connectivity index (χ2n) is 3.54. The van der Waals surface area contributed by atoms with Crippen molar-refractivity contribution in [2.45, 2.75) is 6.92 Å². The van der Waals surface area contributed by atoms with Crippen molar-refractivity contribution in [1.82, 2.24) is 10.3 Å². The molecule has 1 N–H and O–H groups in total. The van der Waals surface area contributed by atoms with Crippen LogP contribution in [0.4, 0.5) is 0 Å². The van der Waals surface area contributed by atoms with Crippen molar-refractivity contribution in [1.29, 1.82) is 0 Å². The van der Waals surface area contributed by atoms with Crippen molar-refractivity contribution in [3.8, 4) is 0 Å². The first-order valence-corrected chi connectivity index (χ1v) is 5.28. The van der Waals surface area contributed by atoms with E-state index in [0.29, 0.717) is 16.3 Å². The van der Waals surface area contributed by atoms with Gasteiger partial charge >= 0.3 is 0 Å². The predicted molar refractivity (Wildman–Crippen MR) is 64.9 cm³/mol. The number of pyridine rings is 1. The minimum Gasteiger partial charge on any atom is -0.355 e. The number of carbonyl (C=O) groups is 1. The van der Waals surface area contributed by atoms with E-state index in [-0.39, 0.29) is 5.91 Å². The molecule has 0 radical (unpaired) electrons. The SMILES string of the molecule is CNC(=O)c1cc2ccc(Cl)cc2nc1C. The molecule has 0 aliphatic carbocycles. The Hall–Kier alpha value is -1.61. The largest absolute Gasteiger partial charge is 0.355 e. The summed E-state index contributed by atoms with van der Waals surface area (Å²) in [4.78, 5) is 15.9. The van der Waals surface area contributed by atoms with Crippen LogP contribution in [0.25, 0.3) is 10.9 Å². The van der Waals surface area contributed by atoms with E-state index in [1.807, 2.05) is 19.1 Å². The second-order valence-corrected chi connectivity index (χ2v) is 3.97. The maximum absolute atomic E-state index is 11.6. The van der Waals surface area contributed by atoms with Gasteiger partial charge in [-0.1, -0.05) is 17.7 Å². The van der Waals surface area contributed by atoms with E-state index >= 15 is 0 Å². The number of nitrogens with zero attached hydrogens (tertiary/aromatic N) is 1. The van der Waals surface area contributed by atoms with E-state index in [4.69, 9.17) is 11.6 Å². The fourth-order valence-electron chi connectivity index (χ4n) is 1.60. The number of hydrogen-bond donors (Lipinski definition) is 1. The topological polar surface area (TPSA) is 42.0 Å². The monoisotopic (exact) mass is 234 g/mol. The summed E-state index contributed by atoms with van der Waals surface area (Å²) in [5, 5.41) is 4.15. The minimum absolute atomic E-state index is 0.123. The van der Waals surface area contributed by atoms with Gasteiger partial charge in [0.25, 0.3) is 5.91 Å². The van der Waals surface area contributed by atoms with Gasteiger partial charge in [0, 0.05) is 17.5 Å². The molecule has 2 aromatic rings. The van der Waals surface area contributed by atoms with Gasteiger partial charge in [-0.05, 0) is 25.1 Å².